The average Bonchev–Trinajstić information content (AvgIpc) is 2.86. The van der Waals surface area contributed by atoms with Crippen LogP contribution >= 0.6 is 11.6 Å². The van der Waals surface area contributed by atoms with E-state index < -0.39 is 0 Å². The molecule has 0 aliphatic carbocycles. The van der Waals surface area contributed by atoms with Crippen LogP contribution in [0.25, 0.3) is 11.3 Å². The van der Waals surface area contributed by atoms with Gasteiger partial charge >= 0.3 is 0 Å². The second kappa shape index (κ2) is 5.45. The standard InChI is InChI=1S/C14H16ClN3O/c1-10(14(19)17(2)3)18-8-7-13(16-18)11-5-4-6-12(15)9-11/h4-10H,1-3H3. The van der Waals surface area contributed by atoms with Crippen molar-refractivity contribution in [1.29, 1.82) is 0 Å². The highest BCUT2D eigenvalue weighted by atomic mass is 35.5. The quantitative estimate of drug-likeness (QED) is 0.865. The molecule has 100 valence electrons. The summed E-state index contributed by atoms with van der Waals surface area (Å²) in [6.07, 6.45) is 1.81. The first-order valence-electron chi connectivity index (χ1n) is 6.01. The van der Waals surface area contributed by atoms with Crippen molar-refractivity contribution in [3.05, 3.63) is 41.6 Å². The second-order valence-electron chi connectivity index (χ2n) is 4.60. The van der Waals surface area contributed by atoms with Crippen molar-refractivity contribution in [3.8, 4) is 11.3 Å². The molecule has 19 heavy (non-hydrogen) atoms. The summed E-state index contributed by atoms with van der Waals surface area (Å²) in [6.45, 7) is 1.83. The summed E-state index contributed by atoms with van der Waals surface area (Å²) in [7, 11) is 3.47. The number of likely N-dealkylation sites (N-methyl/N-ethyl adjacent to an activating group) is 1. The Kier molecular flexibility index (Phi) is 3.90. The SMILES string of the molecule is CC(C(=O)N(C)C)n1ccc(-c2cccc(Cl)c2)n1. The van der Waals surface area contributed by atoms with Crippen LogP contribution in [-0.4, -0.2) is 34.7 Å². The Hall–Kier alpha value is -1.81. The maximum Gasteiger partial charge on any atom is 0.246 e. The van der Waals surface area contributed by atoms with Crippen molar-refractivity contribution in [3.63, 3.8) is 0 Å². The summed E-state index contributed by atoms with van der Waals surface area (Å²) < 4.78 is 1.67. The van der Waals surface area contributed by atoms with E-state index in [1.807, 2.05) is 43.5 Å². The first kappa shape index (κ1) is 13.6. The number of rotatable bonds is 3. The molecule has 2 rings (SSSR count). The summed E-state index contributed by atoms with van der Waals surface area (Å²) in [5.74, 6) is 0.0146. The van der Waals surface area contributed by atoms with Crippen LogP contribution in [0.4, 0.5) is 0 Å². The van der Waals surface area contributed by atoms with Gasteiger partial charge in [-0.15, -0.1) is 0 Å². The molecule has 0 aliphatic rings. The van der Waals surface area contributed by atoms with E-state index in [1.165, 1.54) is 0 Å². The zero-order valence-electron chi connectivity index (χ0n) is 11.2. The number of amides is 1. The predicted octanol–water partition coefficient (Wildman–Crippen LogP) is 2.85. The molecule has 1 aromatic heterocycles. The molecule has 0 radical (unpaired) electrons. The second-order valence-corrected chi connectivity index (χ2v) is 5.04. The Balaban J connectivity index is 2.27. The third kappa shape index (κ3) is 2.96. The van der Waals surface area contributed by atoms with Gasteiger partial charge in [0.05, 0.1) is 5.69 Å². The molecular weight excluding hydrogens is 262 g/mol. The van der Waals surface area contributed by atoms with Gasteiger partial charge in [0, 0.05) is 30.9 Å². The van der Waals surface area contributed by atoms with Crippen molar-refractivity contribution < 1.29 is 4.79 Å². The molecule has 1 amide bonds. The zero-order chi connectivity index (χ0) is 14.0. The van der Waals surface area contributed by atoms with E-state index in [4.69, 9.17) is 11.6 Å². The number of aromatic nitrogens is 2. The molecule has 1 aromatic carbocycles. The fourth-order valence-electron chi connectivity index (χ4n) is 1.84. The molecule has 5 heteroatoms. The maximum absolute atomic E-state index is 11.9. The molecule has 0 N–H and O–H groups in total. The van der Waals surface area contributed by atoms with Gasteiger partial charge in [-0.05, 0) is 25.1 Å². The average molecular weight is 278 g/mol. The number of hydrogen-bond acceptors (Lipinski definition) is 2. The molecule has 2 aromatic rings. The number of benzene rings is 1. The molecule has 0 bridgehead atoms. The molecule has 0 fully saturated rings. The van der Waals surface area contributed by atoms with Crippen molar-refractivity contribution in [2.45, 2.75) is 13.0 Å². The molecule has 0 saturated heterocycles. The Morgan fingerprint density at radius 2 is 2.11 bits per heavy atom. The van der Waals surface area contributed by atoms with Crippen LogP contribution in [0.5, 0.6) is 0 Å². The van der Waals surface area contributed by atoms with E-state index >= 15 is 0 Å². The highest BCUT2D eigenvalue weighted by Crippen LogP contribution is 2.22. The summed E-state index contributed by atoms with van der Waals surface area (Å²) in [6, 6.07) is 9.06. The van der Waals surface area contributed by atoms with Crippen molar-refractivity contribution in [2.24, 2.45) is 0 Å². The molecule has 1 heterocycles. The molecule has 0 saturated carbocycles. The third-order valence-electron chi connectivity index (χ3n) is 2.92. The van der Waals surface area contributed by atoms with Crippen LogP contribution < -0.4 is 0 Å². The summed E-state index contributed by atoms with van der Waals surface area (Å²) in [5.41, 5.74) is 1.75. The summed E-state index contributed by atoms with van der Waals surface area (Å²) in [5, 5.41) is 5.11. The van der Waals surface area contributed by atoms with Crippen LogP contribution in [0.3, 0.4) is 0 Å². The Morgan fingerprint density at radius 1 is 1.37 bits per heavy atom. The highest BCUT2D eigenvalue weighted by molar-refractivity contribution is 6.30. The van der Waals surface area contributed by atoms with Gasteiger partial charge in [-0.25, -0.2) is 0 Å². The number of nitrogens with zero attached hydrogens (tertiary/aromatic N) is 3. The summed E-state index contributed by atoms with van der Waals surface area (Å²) in [4.78, 5) is 13.4. The molecule has 0 spiro atoms. The normalized spacial score (nSPS) is 12.2. The van der Waals surface area contributed by atoms with Gasteiger partial charge in [0.15, 0.2) is 0 Å². The van der Waals surface area contributed by atoms with Crippen LogP contribution in [0, 0.1) is 0 Å². The lowest BCUT2D eigenvalue weighted by Gasteiger charge is -2.16. The van der Waals surface area contributed by atoms with Gasteiger partial charge in [-0.3, -0.25) is 9.48 Å². The van der Waals surface area contributed by atoms with Gasteiger partial charge in [0.2, 0.25) is 5.91 Å². The van der Waals surface area contributed by atoms with E-state index in [2.05, 4.69) is 5.10 Å². The van der Waals surface area contributed by atoms with E-state index in [9.17, 15) is 4.79 Å². The molecular formula is C14H16ClN3O. The van der Waals surface area contributed by atoms with Crippen molar-refractivity contribution in [2.75, 3.05) is 14.1 Å². The zero-order valence-corrected chi connectivity index (χ0v) is 11.9. The van der Waals surface area contributed by atoms with Gasteiger partial charge < -0.3 is 4.90 Å². The minimum atomic E-state index is -0.317. The van der Waals surface area contributed by atoms with E-state index in [0.717, 1.165) is 11.3 Å². The van der Waals surface area contributed by atoms with Gasteiger partial charge in [0.1, 0.15) is 6.04 Å². The fourth-order valence-corrected chi connectivity index (χ4v) is 2.03. The molecule has 0 aliphatic heterocycles. The van der Waals surface area contributed by atoms with Crippen molar-refractivity contribution >= 4 is 17.5 Å². The lowest BCUT2D eigenvalue weighted by atomic mass is 10.2. The van der Waals surface area contributed by atoms with E-state index in [-0.39, 0.29) is 11.9 Å². The number of halogens is 1. The number of carbonyl (C=O) groups excluding carboxylic acids is 1. The number of carbonyl (C=O) groups is 1. The Morgan fingerprint density at radius 3 is 2.74 bits per heavy atom. The topological polar surface area (TPSA) is 38.1 Å². The lowest BCUT2D eigenvalue weighted by molar-refractivity contribution is -0.131. The first-order valence-corrected chi connectivity index (χ1v) is 6.39. The van der Waals surface area contributed by atoms with Crippen LogP contribution in [0.2, 0.25) is 5.02 Å². The molecule has 1 unspecified atom stereocenters. The third-order valence-corrected chi connectivity index (χ3v) is 3.16. The first-order chi connectivity index (χ1) is 8.99. The van der Waals surface area contributed by atoms with Crippen LogP contribution in [0.15, 0.2) is 36.5 Å². The van der Waals surface area contributed by atoms with Crippen LogP contribution in [0.1, 0.15) is 13.0 Å². The maximum atomic E-state index is 11.9. The van der Waals surface area contributed by atoms with Gasteiger partial charge in [-0.1, -0.05) is 23.7 Å². The highest BCUT2D eigenvalue weighted by Gasteiger charge is 2.17. The number of hydrogen-bond donors (Lipinski definition) is 0. The molecule has 1 atom stereocenters. The monoisotopic (exact) mass is 277 g/mol. The predicted molar refractivity (Wildman–Crippen MR) is 76.1 cm³/mol. The van der Waals surface area contributed by atoms with Crippen LogP contribution in [-0.2, 0) is 4.79 Å². The minimum Gasteiger partial charge on any atom is -0.347 e. The smallest absolute Gasteiger partial charge is 0.246 e. The minimum absolute atomic E-state index is 0.0146. The van der Waals surface area contributed by atoms with Gasteiger partial charge in [0.25, 0.3) is 0 Å². The van der Waals surface area contributed by atoms with Crippen molar-refractivity contribution in [1.82, 2.24) is 14.7 Å². The fraction of sp³-hybridized carbons (Fsp3) is 0.286. The largest absolute Gasteiger partial charge is 0.347 e. The van der Waals surface area contributed by atoms with E-state index in [0.29, 0.717) is 5.02 Å². The Bertz CT molecular complexity index is 592. The van der Waals surface area contributed by atoms with E-state index in [1.54, 1.807) is 23.7 Å². The lowest BCUT2D eigenvalue weighted by Crippen LogP contribution is -2.30. The Labute approximate surface area is 117 Å². The van der Waals surface area contributed by atoms with Gasteiger partial charge in [-0.2, -0.15) is 5.10 Å². The molecule has 4 nitrogen and oxygen atoms in total. The summed E-state index contributed by atoms with van der Waals surface area (Å²) >= 11 is 5.96.